The summed E-state index contributed by atoms with van der Waals surface area (Å²) < 4.78 is 43.2. The third-order valence-electron chi connectivity index (χ3n) is 2.77. The SMILES string of the molecule is COc1ccc(C)cc1NC(=O)c1cn[nH]c1C(F)(F)F. The van der Waals surface area contributed by atoms with Gasteiger partial charge in [-0.25, -0.2) is 0 Å². The number of hydrogen-bond acceptors (Lipinski definition) is 3. The molecule has 5 nitrogen and oxygen atoms in total. The molecule has 1 aromatic carbocycles. The number of nitrogens with one attached hydrogen (secondary N) is 2. The quantitative estimate of drug-likeness (QED) is 0.915. The standard InChI is InChI=1S/C13H12F3N3O2/c1-7-3-4-10(21-2)9(5-7)18-12(20)8-6-17-19-11(8)13(14,15)16/h3-6H,1-2H3,(H,17,19)(H,18,20). The third kappa shape index (κ3) is 3.15. The van der Waals surface area contributed by atoms with Crippen LogP contribution in [-0.4, -0.2) is 23.2 Å². The van der Waals surface area contributed by atoms with E-state index in [-0.39, 0.29) is 5.69 Å². The van der Waals surface area contributed by atoms with Crippen molar-refractivity contribution in [3.63, 3.8) is 0 Å². The molecule has 1 heterocycles. The third-order valence-corrected chi connectivity index (χ3v) is 2.77. The molecule has 2 N–H and O–H groups in total. The molecule has 0 bridgehead atoms. The molecule has 21 heavy (non-hydrogen) atoms. The molecule has 0 radical (unpaired) electrons. The first-order valence-corrected chi connectivity index (χ1v) is 5.89. The molecule has 0 aliphatic rings. The number of amides is 1. The molecule has 0 spiro atoms. The molecule has 0 saturated heterocycles. The van der Waals surface area contributed by atoms with Crippen LogP contribution in [0.5, 0.6) is 5.75 Å². The highest BCUT2D eigenvalue weighted by Crippen LogP contribution is 2.31. The van der Waals surface area contributed by atoms with Gasteiger partial charge in [0.25, 0.3) is 5.91 Å². The minimum absolute atomic E-state index is 0.289. The first-order chi connectivity index (χ1) is 9.82. The summed E-state index contributed by atoms with van der Waals surface area (Å²) >= 11 is 0. The van der Waals surface area contributed by atoms with Crippen molar-refractivity contribution in [2.75, 3.05) is 12.4 Å². The van der Waals surface area contributed by atoms with Gasteiger partial charge in [0.2, 0.25) is 0 Å². The number of carbonyl (C=O) groups is 1. The van der Waals surface area contributed by atoms with Crippen LogP contribution >= 0.6 is 0 Å². The zero-order valence-corrected chi connectivity index (χ0v) is 11.2. The summed E-state index contributed by atoms with van der Waals surface area (Å²) in [5.74, 6) is -0.564. The molecule has 0 atom stereocenters. The van der Waals surface area contributed by atoms with Crippen molar-refractivity contribution >= 4 is 11.6 Å². The van der Waals surface area contributed by atoms with Gasteiger partial charge in [0.05, 0.1) is 24.6 Å². The number of anilines is 1. The normalized spacial score (nSPS) is 11.3. The molecule has 1 aromatic heterocycles. The molecule has 0 aliphatic carbocycles. The van der Waals surface area contributed by atoms with Gasteiger partial charge < -0.3 is 10.1 Å². The van der Waals surface area contributed by atoms with E-state index in [4.69, 9.17) is 4.74 Å². The Kier molecular flexibility index (Phi) is 3.88. The summed E-state index contributed by atoms with van der Waals surface area (Å²) in [5, 5.41) is 7.45. The first-order valence-electron chi connectivity index (χ1n) is 5.89. The van der Waals surface area contributed by atoms with Gasteiger partial charge in [0.15, 0.2) is 5.69 Å². The van der Waals surface area contributed by atoms with Gasteiger partial charge in [0, 0.05) is 0 Å². The Morgan fingerprint density at radius 3 is 2.71 bits per heavy atom. The number of rotatable bonds is 3. The van der Waals surface area contributed by atoms with Crippen molar-refractivity contribution in [3.05, 3.63) is 41.2 Å². The lowest BCUT2D eigenvalue weighted by atomic mass is 10.2. The van der Waals surface area contributed by atoms with Crippen LogP contribution in [0.15, 0.2) is 24.4 Å². The van der Waals surface area contributed by atoms with Gasteiger partial charge in [-0.15, -0.1) is 0 Å². The minimum Gasteiger partial charge on any atom is -0.495 e. The number of hydrogen-bond donors (Lipinski definition) is 2. The molecule has 2 rings (SSSR count). The van der Waals surface area contributed by atoms with Crippen molar-refractivity contribution in [1.29, 1.82) is 0 Å². The number of benzene rings is 1. The van der Waals surface area contributed by atoms with Crippen molar-refractivity contribution in [2.45, 2.75) is 13.1 Å². The number of aryl methyl sites for hydroxylation is 1. The zero-order chi connectivity index (χ0) is 15.6. The summed E-state index contributed by atoms with van der Waals surface area (Å²) in [5.41, 5.74) is -0.649. The molecular weight excluding hydrogens is 287 g/mol. The number of halogens is 3. The van der Waals surface area contributed by atoms with Crippen molar-refractivity contribution in [3.8, 4) is 5.75 Å². The fraction of sp³-hybridized carbons (Fsp3) is 0.231. The number of ether oxygens (including phenoxy) is 1. The molecular formula is C13H12F3N3O2. The average molecular weight is 299 g/mol. The van der Waals surface area contributed by atoms with Crippen molar-refractivity contribution < 1.29 is 22.7 Å². The van der Waals surface area contributed by atoms with E-state index in [1.165, 1.54) is 7.11 Å². The lowest BCUT2D eigenvalue weighted by Gasteiger charge is -2.11. The smallest absolute Gasteiger partial charge is 0.433 e. The van der Waals surface area contributed by atoms with Crippen LogP contribution in [0.1, 0.15) is 21.6 Å². The van der Waals surface area contributed by atoms with E-state index in [1.54, 1.807) is 30.2 Å². The van der Waals surface area contributed by atoms with Gasteiger partial charge in [-0.05, 0) is 24.6 Å². The summed E-state index contributed by atoms with van der Waals surface area (Å²) in [4.78, 5) is 12.0. The van der Waals surface area contributed by atoms with Gasteiger partial charge in [-0.3, -0.25) is 9.89 Å². The maximum atomic E-state index is 12.7. The van der Waals surface area contributed by atoms with Gasteiger partial charge in [-0.2, -0.15) is 18.3 Å². The fourth-order valence-corrected chi connectivity index (χ4v) is 1.78. The molecule has 0 saturated carbocycles. The summed E-state index contributed by atoms with van der Waals surface area (Å²) in [6.07, 6.45) is -3.85. The summed E-state index contributed by atoms with van der Waals surface area (Å²) in [6, 6.07) is 4.97. The van der Waals surface area contributed by atoms with Gasteiger partial charge in [0.1, 0.15) is 5.75 Å². The van der Waals surface area contributed by atoms with Crippen LogP contribution in [0.3, 0.4) is 0 Å². The Labute approximate surface area is 118 Å². The summed E-state index contributed by atoms with van der Waals surface area (Å²) in [7, 11) is 1.40. The number of carbonyl (C=O) groups excluding carboxylic acids is 1. The highest BCUT2D eigenvalue weighted by molar-refractivity contribution is 6.05. The highest BCUT2D eigenvalue weighted by atomic mass is 19.4. The van der Waals surface area contributed by atoms with Crippen LogP contribution in [-0.2, 0) is 6.18 Å². The van der Waals surface area contributed by atoms with Crippen molar-refractivity contribution in [1.82, 2.24) is 10.2 Å². The van der Waals surface area contributed by atoms with E-state index in [0.29, 0.717) is 5.75 Å². The number of H-pyrrole nitrogens is 1. The van der Waals surface area contributed by atoms with Crippen molar-refractivity contribution in [2.24, 2.45) is 0 Å². The van der Waals surface area contributed by atoms with E-state index >= 15 is 0 Å². The molecule has 112 valence electrons. The Morgan fingerprint density at radius 2 is 2.10 bits per heavy atom. The van der Waals surface area contributed by atoms with Gasteiger partial charge >= 0.3 is 6.18 Å². The van der Waals surface area contributed by atoms with Crippen LogP contribution in [0.2, 0.25) is 0 Å². The number of alkyl halides is 3. The lowest BCUT2D eigenvalue weighted by Crippen LogP contribution is -2.18. The van der Waals surface area contributed by atoms with E-state index in [0.717, 1.165) is 11.8 Å². The predicted molar refractivity (Wildman–Crippen MR) is 69.3 cm³/mol. The number of aromatic amines is 1. The molecule has 0 fully saturated rings. The second kappa shape index (κ2) is 5.47. The number of methoxy groups -OCH3 is 1. The van der Waals surface area contributed by atoms with Crippen LogP contribution in [0.4, 0.5) is 18.9 Å². The zero-order valence-electron chi connectivity index (χ0n) is 11.2. The molecule has 0 aliphatic heterocycles. The van der Waals surface area contributed by atoms with E-state index in [1.807, 2.05) is 0 Å². The second-order valence-corrected chi connectivity index (χ2v) is 4.31. The fourth-order valence-electron chi connectivity index (χ4n) is 1.78. The monoisotopic (exact) mass is 299 g/mol. The van der Waals surface area contributed by atoms with Crippen LogP contribution in [0, 0.1) is 6.92 Å². The van der Waals surface area contributed by atoms with E-state index < -0.39 is 23.3 Å². The molecule has 0 unspecified atom stereocenters. The van der Waals surface area contributed by atoms with Crippen LogP contribution < -0.4 is 10.1 Å². The topological polar surface area (TPSA) is 67.0 Å². The summed E-state index contributed by atoms with van der Waals surface area (Å²) in [6.45, 7) is 1.79. The number of nitrogens with zero attached hydrogens (tertiary/aromatic N) is 1. The Morgan fingerprint density at radius 1 is 1.38 bits per heavy atom. The highest BCUT2D eigenvalue weighted by Gasteiger charge is 2.37. The Hall–Kier alpha value is -2.51. The van der Waals surface area contributed by atoms with E-state index in [2.05, 4.69) is 10.4 Å². The largest absolute Gasteiger partial charge is 0.495 e. The molecule has 1 amide bonds. The second-order valence-electron chi connectivity index (χ2n) is 4.31. The molecule has 2 aromatic rings. The number of aromatic nitrogens is 2. The van der Waals surface area contributed by atoms with Gasteiger partial charge in [-0.1, -0.05) is 6.07 Å². The Balaban J connectivity index is 2.31. The molecule has 8 heteroatoms. The lowest BCUT2D eigenvalue weighted by molar-refractivity contribution is -0.141. The maximum Gasteiger partial charge on any atom is 0.433 e. The average Bonchev–Trinajstić information content (AvgIpc) is 2.88. The van der Waals surface area contributed by atoms with Crippen LogP contribution in [0.25, 0.3) is 0 Å². The first kappa shape index (κ1) is 14.9. The predicted octanol–water partition coefficient (Wildman–Crippen LogP) is 3.00. The maximum absolute atomic E-state index is 12.7. The minimum atomic E-state index is -4.68. The van der Waals surface area contributed by atoms with E-state index in [9.17, 15) is 18.0 Å². The Bertz CT molecular complexity index is 665.